The van der Waals surface area contributed by atoms with E-state index in [0.717, 1.165) is 24.3 Å². The molecule has 1 saturated carbocycles. The Labute approximate surface area is 235 Å². The number of pyridine rings is 1. The van der Waals surface area contributed by atoms with Crippen molar-refractivity contribution >= 4 is 39.4 Å². The lowest BCUT2D eigenvalue weighted by Crippen LogP contribution is -2.38. The van der Waals surface area contributed by atoms with E-state index >= 15 is 0 Å². The van der Waals surface area contributed by atoms with Crippen LogP contribution in [0.5, 0.6) is 0 Å². The summed E-state index contributed by atoms with van der Waals surface area (Å²) in [7, 11) is -1.24. The summed E-state index contributed by atoms with van der Waals surface area (Å²) in [6.45, 7) is 2.07. The van der Waals surface area contributed by atoms with Gasteiger partial charge in [-0.15, -0.1) is 0 Å². The minimum atomic E-state index is -4.54. The van der Waals surface area contributed by atoms with Gasteiger partial charge in [-0.3, -0.25) is 4.79 Å². The number of nitrogens with zero attached hydrogens (tertiary/aromatic N) is 6. The standard InChI is InChI=1S/C26H27F3N8O3S/c1-15(26(27,28)29)36-14-20(25(38)33-17-5-8-40-9-6-17)19-12-31-23(10-21(19)36)34-22-4-7-30-24(35-22)16-11-32-37(13-16)41(39)18-2-3-18/h4,7,10-15,17-18H,2-3,5-6,8-9H2,1H3,(H,33,38)(H,30,31,34,35). The summed E-state index contributed by atoms with van der Waals surface area (Å²) >= 11 is 0. The number of halogens is 3. The van der Waals surface area contributed by atoms with Crippen molar-refractivity contribution in [2.24, 2.45) is 0 Å². The Morgan fingerprint density at radius 3 is 2.63 bits per heavy atom. The Morgan fingerprint density at radius 1 is 1.12 bits per heavy atom. The first-order valence-electron chi connectivity index (χ1n) is 13.2. The number of hydrogen-bond donors (Lipinski definition) is 2. The molecule has 1 saturated heterocycles. The summed E-state index contributed by atoms with van der Waals surface area (Å²) in [6, 6.07) is 1.05. The topological polar surface area (TPSA) is 129 Å². The molecule has 216 valence electrons. The number of anilines is 2. The Balaban J connectivity index is 1.29. The molecule has 15 heteroatoms. The van der Waals surface area contributed by atoms with Gasteiger partial charge in [-0.05, 0) is 38.7 Å². The van der Waals surface area contributed by atoms with Crippen molar-refractivity contribution in [3.05, 3.63) is 48.7 Å². The second kappa shape index (κ2) is 10.9. The summed E-state index contributed by atoms with van der Waals surface area (Å²) in [5.41, 5.74) is 0.883. The predicted octanol–water partition coefficient (Wildman–Crippen LogP) is 4.14. The monoisotopic (exact) mass is 588 g/mol. The second-order valence-electron chi connectivity index (χ2n) is 10.1. The van der Waals surface area contributed by atoms with Crippen LogP contribution >= 0.6 is 0 Å². The first-order chi connectivity index (χ1) is 19.7. The fraction of sp³-hybridized carbons (Fsp3) is 0.423. The first-order valence-corrected chi connectivity index (χ1v) is 14.4. The molecule has 2 aliphatic rings. The summed E-state index contributed by atoms with van der Waals surface area (Å²) < 4.78 is 61.5. The normalized spacial score (nSPS) is 17.9. The molecule has 0 aromatic carbocycles. The van der Waals surface area contributed by atoms with E-state index in [9.17, 15) is 22.2 Å². The molecule has 4 aromatic rings. The smallest absolute Gasteiger partial charge is 0.381 e. The van der Waals surface area contributed by atoms with Gasteiger partial charge in [-0.25, -0.2) is 19.2 Å². The Hall–Kier alpha value is -3.85. The zero-order valence-electron chi connectivity index (χ0n) is 22.0. The molecule has 1 aliphatic carbocycles. The highest BCUT2D eigenvalue weighted by atomic mass is 32.2. The van der Waals surface area contributed by atoms with Crippen LogP contribution in [0, 0.1) is 0 Å². The van der Waals surface area contributed by atoms with E-state index in [-0.39, 0.29) is 28.2 Å². The Kier molecular flexibility index (Phi) is 7.23. The molecule has 2 N–H and O–H groups in total. The summed E-state index contributed by atoms with van der Waals surface area (Å²) in [5.74, 6) is 0.451. The van der Waals surface area contributed by atoms with Gasteiger partial charge in [0.25, 0.3) is 5.91 Å². The number of ether oxygens (including phenoxy) is 1. The number of amides is 1. The van der Waals surface area contributed by atoms with Crippen LogP contribution < -0.4 is 10.6 Å². The van der Waals surface area contributed by atoms with Crippen LogP contribution in [0.4, 0.5) is 24.8 Å². The molecule has 1 aliphatic heterocycles. The van der Waals surface area contributed by atoms with Crippen molar-refractivity contribution in [3.63, 3.8) is 0 Å². The second-order valence-corrected chi connectivity index (χ2v) is 11.7. The van der Waals surface area contributed by atoms with E-state index in [2.05, 4.69) is 30.7 Å². The Morgan fingerprint density at radius 2 is 1.90 bits per heavy atom. The minimum Gasteiger partial charge on any atom is -0.381 e. The highest BCUT2D eigenvalue weighted by Crippen LogP contribution is 2.35. The molecule has 2 fully saturated rings. The largest absolute Gasteiger partial charge is 0.408 e. The highest BCUT2D eigenvalue weighted by Gasteiger charge is 2.38. The fourth-order valence-electron chi connectivity index (χ4n) is 4.62. The summed E-state index contributed by atoms with van der Waals surface area (Å²) in [6.07, 6.45) is 5.83. The molecule has 0 spiro atoms. The number of alkyl halides is 3. The molecule has 2 atom stereocenters. The maximum Gasteiger partial charge on any atom is 0.408 e. The van der Waals surface area contributed by atoms with Crippen molar-refractivity contribution in [2.45, 2.75) is 56.1 Å². The van der Waals surface area contributed by atoms with Crippen LogP contribution in [-0.2, 0) is 15.7 Å². The molecular weight excluding hydrogens is 561 g/mol. The quantitative estimate of drug-likeness (QED) is 0.314. The molecule has 1 amide bonds. The van der Waals surface area contributed by atoms with E-state index in [1.165, 1.54) is 34.9 Å². The molecule has 0 bridgehead atoms. The summed E-state index contributed by atoms with van der Waals surface area (Å²) in [4.78, 5) is 26.2. The van der Waals surface area contributed by atoms with Crippen LogP contribution in [0.3, 0.4) is 0 Å². The fourth-order valence-corrected chi connectivity index (χ4v) is 5.82. The minimum absolute atomic E-state index is 0.114. The van der Waals surface area contributed by atoms with Crippen molar-refractivity contribution < 1.29 is 26.9 Å². The average Bonchev–Trinajstić information content (AvgIpc) is 3.56. The number of rotatable bonds is 8. The molecule has 2 unspecified atom stereocenters. The van der Waals surface area contributed by atoms with Crippen molar-refractivity contribution in [1.29, 1.82) is 0 Å². The van der Waals surface area contributed by atoms with Crippen LogP contribution in [0.25, 0.3) is 22.3 Å². The molecule has 0 radical (unpaired) electrons. The van der Waals surface area contributed by atoms with Gasteiger partial charge < -0.3 is 19.9 Å². The van der Waals surface area contributed by atoms with Gasteiger partial charge in [0.05, 0.1) is 34.3 Å². The van der Waals surface area contributed by atoms with Gasteiger partial charge in [0, 0.05) is 49.3 Å². The lowest BCUT2D eigenvalue weighted by Gasteiger charge is -2.23. The van der Waals surface area contributed by atoms with Crippen LogP contribution in [0.1, 0.15) is 49.0 Å². The van der Waals surface area contributed by atoms with E-state index in [1.807, 2.05) is 0 Å². The molecular formula is C26H27F3N8O3S. The number of carbonyl (C=O) groups excluding carboxylic acids is 1. The lowest BCUT2D eigenvalue weighted by molar-refractivity contribution is -0.162. The van der Waals surface area contributed by atoms with E-state index in [0.29, 0.717) is 48.6 Å². The van der Waals surface area contributed by atoms with Crippen LogP contribution in [-0.4, -0.2) is 69.5 Å². The van der Waals surface area contributed by atoms with Crippen LogP contribution in [0.2, 0.25) is 0 Å². The van der Waals surface area contributed by atoms with Gasteiger partial charge in [0.2, 0.25) is 0 Å². The molecule has 5 heterocycles. The van der Waals surface area contributed by atoms with Gasteiger partial charge in [-0.2, -0.15) is 22.4 Å². The van der Waals surface area contributed by atoms with Crippen molar-refractivity contribution in [2.75, 3.05) is 18.5 Å². The third-order valence-corrected chi connectivity index (χ3v) is 8.74. The molecule has 41 heavy (non-hydrogen) atoms. The maximum atomic E-state index is 13.8. The SMILES string of the molecule is CC(n1cc(C(=O)NC2CCOCC2)c2cnc(Nc3ccnc(-c4cnn(S(=O)C5CC5)c4)n3)cc21)C(F)(F)F. The van der Waals surface area contributed by atoms with E-state index in [4.69, 9.17) is 4.74 Å². The third kappa shape index (κ3) is 5.81. The Bertz CT molecular complexity index is 1610. The van der Waals surface area contributed by atoms with Gasteiger partial charge in [0.1, 0.15) is 28.7 Å². The van der Waals surface area contributed by atoms with E-state index < -0.39 is 29.1 Å². The molecule has 6 rings (SSSR count). The lowest BCUT2D eigenvalue weighted by atomic mass is 10.1. The van der Waals surface area contributed by atoms with Crippen molar-refractivity contribution in [1.82, 2.24) is 34.0 Å². The number of aromatic nitrogens is 6. The zero-order chi connectivity index (χ0) is 28.7. The predicted molar refractivity (Wildman–Crippen MR) is 145 cm³/mol. The third-order valence-electron chi connectivity index (χ3n) is 7.13. The van der Waals surface area contributed by atoms with E-state index in [1.54, 1.807) is 12.3 Å². The number of carbonyl (C=O) groups is 1. The first kappa shape index (κ1) is 27.3. The van der Waals surface area contributed by atoms with Gasteiger partial charge >= 0.3 is 6.18 Å². The zero-order valence-corrected chi connectivity index (χ0v) is 22.8. The van der Waals surface area contributed by atoms with Gasteiger partial charge in [-0.1, -0.05) is 0 Å². The van der Waals surface area contributed by atoms with Gasteiger partial charge in [0.15, 0.2) is 5.82 Å². The number of nitrogens with one attached hydrogen (secondary N) is 2. The van der Waals surface area contributed by atoms with Crippen LogP contribution in [0.15, 0.2) is 43.1 Å². The van der Waals surface area contributed by atoms with Crippen molar-refractivity contribution in [3.8, 4) is 11.4 Å². The number of hydrogen-bond acceptors (Lipinski definition) is 8. The molecule has 11 nitrogen and oxygen atoms in total. The highest BCUT2D eigenvalue weighted by molar-refractivity contribution is 7.84. The molecule has 4 aromatic heterocycles. The summed E-state index contributed by atoms with van der Waals surface area (Å²) in [5, 5.41) is 10.5. The average molecular weight is 589 g/mol. The maximum absolute atomic E-state index is 13.8. The number of fused-ring (bicyclic) bond motifs is 1.